The number of ketones is 1. The Hall–Kier alpha value is -4.27. The predicted molar refractivity (Wildman–Crippen MR) is 166 cm³/mol. The smallest absolute Gasteiger partial charge is 0.294 e. The maximum atomic E-state index is 14.5. The van der Waals surface area contributed by atoms with Crippen molar-refractivity contribution in [3.05, 3.63) is 87.7 Å². The fourth-order valence-corrected chi connectivity index (χ4v) is 7.74. The maximum absolute atomic E-state index is 14.5. The average Bonchev–Trinajstić information content (AvgIpc) is 3.62. The van der Waals surface area contributed by atoms with Crippen molar-refractivity contribution in [3.8, 4) is 11.5 Å². The Labute approximate surface area is 257 Å². The molecule has 6 rings (SSSR count). The summed E-state index contributed by atoms with van der Waals surface area (Å²) in [6.45, 7) is 0.769. The van der Waals surface area contributed by atoms with Gasteiger partial charge in [-0.1, -0.05) is 49.4 Å². The standard InChI is InChI=1S/C34H39N5O5/c1-42-29-13-11-22(16-31(29)43-2)19-36-24-17-25(23-7-4-3-5-8-23)32-28(18-24)39(34(41)30-9-6-14-44-30)27-12-10-21(20-37-38-35)15-26(27)33(32)40/h6,9-16,23-25,28,32,36H,3-5,7-8,17-20H2,1-2H3/t24-,25+,28+,32-/m0/s1. The normalized spacial score (nSPS) is 23.3. The molecule has 2 aliphatic carbocycles. The molecule has 1 aromatic heterocycles. The maximum Gasteiger partial charge on any atom is 0.294 e. The zero-order valence-electron chi connectivity index (χ0n) is 25.3. The van der Waals surface area contributed by atoms with Crippen molar-refractivity contribution in [2.24, 2.45) is 22.9 Å². The monoisotopic (exact) mass is 597 g/mol. The molecule has 0 saturated heterocycles. The molecular weight excluding hydrogens is 558 g/mol. The molecule has 3 aliphatic rings. The van der Waals surface area contributed by atoms with Crippen LogP contribution in [0.25, 0.3) is 10.4 Å². The van der Waals surface area contributed by atoms with Crippen molar-refractivity contribution >= 4 is 17.4 Å². The fraction of sp³-hybridized carbons (Fsp3) is 0.471. The second-order valence-electron chi connectivity index (χ2n) is 12.2. The number of Topliss-reactive ketones (excluding diaryl/α,β-unsaturated/α-hetero) is 1. The predicted octanol–water partition coefficient (Wildman–Crippen LogP) is 7.08. The Kier molecular flexibility index (Phi) is 8.91. The number of nitrogens with zero attached hydrogens (tertiary/aromatic N) is 4. The number of furan rings is 1. The lowest BCUT2D eigenvalue weighted by Gasteiger charge is -2.51. The highest BCUT2D eigenvalue weighted by Gasteiger charge is 2.52. The first kappa shape index (κ1) is 29.8. The minimum absolute atomic E-state index is 0.0881. The number of rotatable bonds is 9. The van der Waals surface area contributed by atoms with Gasteiger partial charge in [0.15, 0.2) is 23.0 Å². The van der Waals surface area contributed by atoms with Gasteiger partial charge in [0, 0.05) is 35.0 Å². The van der Waals surface area contributed by atoms with Crippen LogP contribution in [0.5, 0.6) is 11.5 Å². The SMILES string of the molecule is COc1ccc(CN[C@H]2C[C@H](C3CCCCC3)[C@@H]3C(=O)c4cc(CN=[N+]=[N-])ccc4N(C(=O)c4ccco4)[C@@H]3C2)cc1OC. The van der Waals surface area contributed by atoms with E-state index in [-0.39, 0.29) is 47.9 Å². The number of methoxy groups -OCH3 is 2. The summed E-state index contributed by atoms with van der Waals surface area (Å²) in [6.07, 6.45) is 8.75. The molecule has 0 radical (unpaired) electrons. The Bertz CT molecular complexity index is 1540. The number of amides is 1. The Balaban J connectivity index is 1.37. The summed E-state index contributed by atoms with van der Waals surface area (Å²) in [6, 6.07) is 14.6. The molecule has 10 nitrogen and oxygen atoms in total. The first-order valence-corrected chi connectivity index (χ1v) is 15.5. The molecule has 1 N–H and O–H groups in total. The van der Waals surface area contributed by atoms with Gasteiger partial charge < -0.3 is 24.1 Å². The lowest BCUT2D eigenvalue weighted by Crippen LogP contribution is -2.60. The molecular formula is C34H39N5O5. The van der Waals surface area contributed by atoms with Crippen LogP contribution in [0.2, 0.25) is 0 Å². The number of anilines is 1. The van der Waals surface area contributed by atoms with Crippen LogP contribution >= 0.6 is 0 Å². The second-order valence-corrected chi connectivity index (χ2v) is 12.2. The summed E-state index contributed by atoms with van der Waals surface area (Å²) in [4.78, 5) is 33.3. The number of hydrogen-bond donors (Lipinski definition) is 1. The van der Waals surface area contributed by atoms with Crippen LogP contribution in [0.3, 0.4) is 0 Å². The second kappa shape index (κ2) is 13.2. The highest BCUT2D eigenvalue weighted by Crippen LogP contribution is 2.49. The van der Waals surface area contributed by atoms with Gasteiger partial charge in [-0.2, -0.15) is 0 Å². The van der Waals surface area contributed by atoms with Crippen molar-refractivity contribution in [1.29, 1.82) is 0 Å². The van der Waals surface area contributed by atoms with Gasteiger partial charge in [-0.3, -0.25) is 9.59 Å². The van der Waals surface area contributed by atoms with Gasteiger partial charge in [0.05, 0.1) is 32.7 Å². The molecule has 3 aromatic rings. The summed E-state index contributed by atoms with van der Waals surface area (Å²) in [5.41, 5.74) is 11.8. The van der Waals surface area contributed by atoms with E-state index >= 15 is 0 Å². The molecule has 2 heterocycles. The topological polar surface area (TPSA) is 130 Å². The molecule has 10 heteroatoms. The average molecular weight is 598 g/mol. The minimum atomic E-state index is -0.321. The highest BCUT2D eigenvalue weighted by atomic mass is 16.5. The molecule has 4 atom stereocenters. The number of benzene rings is 2. The van der Waals surface area contributed by atoms with Gasteiger partial charge >= 0.3 is 0 Å². The third kappa shape index (κ3) is 5.79. The van der Waals surface area contributed by atoms with E-state index in [0.717, 1.165) is 30.4 Å². The quantitative estimate of drug-likeness (QED) is 0.159. The van der Waals surface area contributed by atoms with E-state index in [9.17, 15) is 9.59 Å². The van der Waals surface area contributed by atoms with Gasteiger partial charge in [0.2, 0.25) is 0 Å². The van der Waals surface area contributed by atoms with Gasteiger partial charge in [-0.25, -0.2) is 0 Å². The van der Waals surface area contributed by atoms with E-state index < -0.39 is 0 Å². The first-order chi connectivity index (χ1) is 21.5. The summed E-state index contributed by atoms with van der Waals surface area (Å²) in [5, 5.41) is 7.49. The van der Waals surface area contributed by atoms with E-state index in [4.69, 9.17) is 19.4 Å². The minimum Gasteiger partial charge on any atom is -0.493 e. The van der Waals surface area contributed by atoms with Crippen molar-refractivity contribution < 1.29 is 23.5 Å². The number of carbonyl (C=O) groups is 2. The molecule has 2 fully saturated rings. The lowest BCUT2D eigenvalue weighted by atomic mass is 9.61. The molecule has 44 heavy (non-hydrogen) atoms. The van der Waals surface area contributed by atoms with Crippen molar-refractivity contribution in [3.63, 3.8) is 0 Å². The van der Waals surface area contributed by atoms with Crippen LogP contribution in [-0.2, 0) is 13.1 Å². The van der Waals surface area contributed by atoms with Crippen LogP contribution < -0.4 is 19.7 Å². The van der Waals surface area contributed by atoms with Gasteiger partial charge in [0.25, 0.3) is 5.91 Å². The van der Waals surface area contributed by atoms with E-state index in [2.05, 4.69) is 15.3 Å². The lowest BCUT2D eigenvalue weighted by molar-refractivity contribution is 0.0545. The number of nitrogens with one attached hydrogen (secondary N) is 1. The number of carbonyl (C=O) groups excluding carboxylic acids is 2. The molecule has 2 saturated carbocycles. The number of hydrogen-bond acceptors (Lipinski definition) is 7. The first-order valence-electron chi connectivity index (χ1n) is 15.5. The Morgan fingerprint density at radius 3 is 2.57 bits per heavy atom. The zero-order valence-corrected chi connectivity index (χ0v) is 25.3. The Morgan fingerprint density at radius 1 is 1.05 bits per heavy atom. The molecule has 0 bridgehead atoms. The summed E-state index contributed by atoms with van der Waals surface area (Å²) in [7, 11) is 3.26. The summed E-state index contributed by atoms with van der Waals surface area (Å²) < 4.78 is 16.5. The Morgan fingerprint density at radius 2 is 1.84 bits per heavy atom. The van der Waals surface area contributed by atoms with E-state index in [0.29, 0.717) is 41.6 Å². The zero-order chi connectivity index (χ0) is 30.6. The van der Waals surface area contributed by atoms with Gasteiger partial charge in [-0.15, -0.1) is 0 Å². The molecule has 0 unspecified atom stereocenters. The van der Waals surface area contributed by atoms with Gasteiger partial charge in [-0.05, 0) is 77.7 Å². The molecule has 2 aromatic carbocycles. The van der Waals surface area contributed by atoms with E-state index in [1.807, 2.05) is 41.3 Å². The summed E-state index contributed by atoms with van der Waals surface area (Å²) >= 11 is 0. The van der Waals surface area contributed by atoms with Crippen molar-refractivity contribution in [2.75, 3.05) is 19.1 Å². The van der Waals surface area contributed by atoms with Crippen molar-refractivity contribution in [1.82, 2.24) is 5.32 Å². The molecule has 0 spiro atoms. The third-order valence-corrected chi connectivity index (χ3v) is 9.74. The third-order valence-electron chi connectivity index (χ3n) is 9.74. The molecule has 1 aliphatic heterocycles. The van der Waals surface area contributed by atoms with Gasteiger partial charge in [0.1, 0.15) is 0 Å². The van der Waals surface area contributed by atoms with Crippen LogP contribution in [0.1, 0.15) is 77.0 Å². The number of fused-ring (bicyclic) bond motifs is 2. The van der Waals surface area contributed by atoms with E-state index in [1.165, 1.54) is 25.5 Å². The van der Waals surface area contributed by atoms with Crippen LogP contribution in [0, 0.1) is 17.8 Å². The molecule has 230 valence electrons. The largest absolute Gasteiger partial charge is 0.493 e. The van der Waals surface area contributed by atoms with E-state index in [1.54, 1.807) is 26.4 Å². The van der Waals surface area contributed by atoms with Crippen LogP contribution in [-0.4, -0.2) is 38.0 Å². The summed E-state index contributed by atoms with van der Waals surface area (Å²) in [5.74, 6) is 1.68. The number of azide groups is 1. The highest BCUT2D eigenvalue weighted by molar-refractivity contribution is 6.14. The van der Waals surface area contributed by atoms with Crippen molar-refractivity contribution in [2.45, 2.75) is 70.1 Å². The van der Waals surface area contributed by atoms with Crippen LogP contribution in [0.4, 0.5) is 5.69 Å². The van der Waals surface area contributed by atoms with Crippen LogP contribution in [0.15, 0.2) is 64.3 Å². The molecule has 1 amide bonds. The number of ether oxygens (including phenoxy) is 2. The fourth-order valence-electron chi connectivity index (χ4n) is 7.74.